The van der Waals surface area contributed by atoms with Gasteiger partial charge in [-0.1, -0.05) is 24.3 Å². The van der Waals surface area contributed by atoms with Gasteiger partial charge < -0.3 is 29.0 Å². The molecule has 35 heavy (non-hydrogen) atoms. The Kier molecular flexibility index (Phi) is 7.10. The van der Waals surface area contributed by atoms with Crippen LogP contribution in [0, 0.1) is 0 Å². The number of hydrogen-bond donors (Lipinski definition) is 1. The number of ketones is 1. The minimum atomic E-state index is -0.566. The van der Waals surface area contributed by atoms with Crippen LogP contribution < -0.4 is 29.0 Å². The zero-order chi connectivity index (χ0) is 24.9. The minimum absolute atomic E-state index is 0.0910. The number of amides is 1. The van der Waals surface area contributed by atoms with Gasteiger partial charge in [0.2, 0.25) is 5.75 Å². The Morgan fingerprint density at radius 2 is 1.71 bits per heavy atom. The molecular weight excluding hydrogens is 450 g/mol. The van der Waals surface area contributed by atoms with Crippen molar-refractivity contribution in [3.63, 3.8) is 0 Å². The van der Waals surface area contributed by atoms with E-state index in [1.54, 1.807) is 31.4 Å². The Morgan fingerprint density at radius 3 is 2.43 bits per heavy atom. The highest BCUT2D eigenvalue weighted by Gasteiger charge is 2.34. The molecule has 4 rings (SSSR count). The van der Waals surface area contributed by atoms with Gasteiger partial charge >= 0.3 is 0 Å². The topological polar surface area (TPSA) is 92.3 Å². The SMILES string of the molecule is COc1cccc(CNC(=O)c2cccc(C3CC(=O)c4c(cc(OC)c(OC)c4OC)O3)c2)c1. The number of ether oxygens (including phenoxy) is 5. The minimum Gasteiger partial charge on any atom is -0.497 e. The summed E-state index contributed by atoms with van der Waals surface area (Å²) in [5.41, 5.74) is 2.42. The number of fused-ring (bicyclic) bond motifs is 1. The van der Waals surface area contributed by atoms with Gasteiger partial charge in [-0.3, -0.25) is 9.59 Å². The predicted molar refractivity (Wildman–Crippen MR) is 129 cm³/mol. The summed E-state index contributed by atoms with van der Waals surface area (Å²) in [6.45, 7) is 0.355. The number of hydrogen-bond acceptors (Lipinski definition) is 7. The van der Waals surface area contributed by atoms with Crippen molar-refractivity contribution in [1.82, 2.24) is 5.32 Å². The molecule has 1 amide bonds. The highest BCUT2D eigenvalue weighted by Crippen LogP contribution is 2.49. The number of benzene rings is 3. The molecule has 0 aromatic heterocycles. The maximum atomic E-state index is 13.1. The maximum Gasteiger partial charge on any atom is 0.251 e. The summed E-state index contributed by atoms with van der Waals surface area (Å²) in [7, 11) is 6.04. The van der Waals surface area contributed by atoms with Gasteiger partial charge in [0.15, 0.2) is 17.3 Å². The van der Waals surface area contributed by atoms with Gasteiger partial charge in [-0.05, 0) is 35.4 Å². The normalized spacial score (nSPS) is 14.4. The third-order valence-electron chi connectivity index (χ3n) is 5.82. The quantitative estimate of drug-likeness (QED) is 0.515. The first-order chi connectivity index (χ1) is 17.0. The molecule has 3 aromatic carbocycles. The van der Waals surface area contributed by atoms with Gasteiger partial charge in [0.25, 0.3) is 5.91 Å². The van der Waals surface area contributed by atoms with Crippen LogP contribution in [-0.4, -0.2) is 40.1 Å². The standard InChI is InChI=1S/C27H27NO7/c1-31-19-10-5-7-16(11-19)15-28-27(30)18-9-6-8-17(12-18)21-13-20(29)24-22(35-21)14-23(32-2)25(33-3)26(24)34-4/h5-12,14,21H,13,15H2,1-4H3,(H,28,30). The Morgan fingerprint density at radius 1 is 0.943 bits per heavy atom. The predicted octanol–water partition coefficient (Wildman–Crippen LogP) is 4.36. The van der Waals surface area contributed by atoms with E-state index in [4.69, 9.17) is 23.7 Å². The second-order valence-corrected chi connectivity index (χ2v) is 7.91. The summed E-state index contributed by atoms with van der Waals surface area (Å²) in [5.74, 6) is 1.68. The lowest BCUT2D eigenvalue weighted by molar-refractivity contribution is 0.0842. The Bertz CT molecular complexity index is 1250. The molecule has 0 bridgehead atoms. The van der Waals surface area contributed by atoms with Crippen molar-refractivity contribution in [1.29, 1.82) is 0 Å². The number of rotatable bonds is 8. The first-order valence-electron chi connectivity index (χ1n) is 11.0. The lowest BCUT2D eigenvalue weighted by Gasteiger charge is -2.28. The van der Waals surface area contributed by atoms with Gasteiger partial charge in [-0.25, -0.2) is 0 Å². The van der Waals surface area contributed by atoms with Crippen molar-refractivity contribution in [2.45, 2.75) is 19.1 Å². The zero-order valence-corrected chi connectivity index (χ0v) is 20.0. The van der Waals surface area contributed by atoms with E-state index >= 15 is 0 Å². The molecule has 3 aromatic rings. The van der Waals surface area contributed by atoms with E-state index in [-0.39, 0.29) is 23.9 Å². The molecule has 0 saturated carbocycles. The van der Waals surface area contributed by atoms with Crippen molar-refractivity contribution in [2.75, 3.05) is 28.4 Å². The molecule has 1 unspecified atom stereocenters. The molecule has 1 aliphatic rings. The lowest BCUT2D eigenvalue weighted by atomic mass is 9.94. The van der Waals surface area contributed by atoms with Gasteiger partial charge in [0.05, 0.1) is 34.9 Å². The first kappa shape index (κ1) is 23.9. The highest BCUT2D eigenvalue weighted by molar-refractivity contribution is 6.04. The van der Waals surface area contributed by atoms with Crippen LogP contribution >= 0.6 is 0 Å². The summed E-state index contributed by atoms with van der Waals surface area (Å²) in [4.78, 5) is 25.9. The molecule has 182 valence electrons. The van der Waals surface area contributed by atoms with Crippen molar-refractivity contribution < 1.29 is 33.3 Å². The molecule has 0 aliphatic carbocycles. The molecular formula is C27H27NO7. The lowest BCUT2D eigenvalue weighted by Crippen LogP contribution is -2.24. The highest BCUT2D eigenvalue weighted by atomic mass is 16.5. The number of carbonyl (C=O) groups is 2. The van der Waals surface area contributed by atoms with Gasteiger partial charge in [0.1, 0.15) is 23.2 Å². The Labute approximate surface area is 203 Å². The summed E-state index contributed by atoms with van der Waals surface area (Å²) in [6.07, 6.45) is -0.475. The molecule has 8 nitrogen and oxygen atoms in total. The van der Waals surface area contributed by atoms with Gasteiger partial charge in [0, 0.05) is 18.2 Å². The van der Waals surface area contributed by atoms with Crippen LogP contribution in [0.25, 0.3) is 0 Å². The zero-order valence-electron chi connectivity index (χ0n) is 20.0. The first-order valence-corrected chi connectivity index (χ1v) is 11.0. The van der Waals surface area contributed by atoms with E-state index in [1.807, 2.05) is 30.3 Å². The van der Waals surface area contributed by atoms with Crippen LogP contribution in [0.4, 0.5) is 0 Å². The average molecular weight is 478 g/mol. The van der Waals surface area contributed by atoms with Crippen LogP contribution in [0.1, 0.15) is 44.4 Å². The maximum absolute atomic E-state index is 13.1. The fourth-order valence-electron chi connectivity index (χ4n) is 4.09. The monoisotopic (exact) mass is 477 g/mol. The third kappa shape index (κ3) is 4.87. The number of nitrogens with one attached hydrogen (secondary N) is 1. The van der Waals surface area contributed by atoms with Crippen LogP contribution in [0.3, 0.4) is 0 Å². The number of Topliss-reactive ketones (excluding diaryl/α,β-unsaturated/α-hetero) is 1. The second kappa shape index (κ2) is 10.4. The molecule has 0 spiro atoms. The van der Waals surface area contributed by atoms with E-state index in [9.17, 15) is 9.59 Å². The summed E-state index contributed by atoms with van der Waals surface area (Å²) >= 11 is 0. The van der Waals surface area contributed by atoms with E-state index < -0.39 is 6.10 Å². The summed E-state index contributed by atoms with van der Waals surface area (Å²) in [6, 6.07) is 16.2. The second-order valence-electron chi connectivity index (χ2n) is 7.91. The molecule has 1 heterocycles. The summed E-state index contributed by atoms with van der Waals surface area (Å²) in [5, 5.41) is 2.91. The van der Waals surface area contributed by atoms with E-state index in [0.717, 1.165) is 11.3 Å². The third-order valence-corrected chi connectivity index (χ3v) is 5.82. The molecule has 0 radical (unpaired) electrons. The average Bonchev–Trinajstić information content (AvgIpc) is 2.90. The van der Waals surface area contributed by atoms with Crippen LogP contribution in [0.5, 0.6) is 28.7 Å². The van der Waals surface area contributed by atoms with E-state index in [0.29, 0.717) is 40.5 Å². The molecule has 1 aliphatic heterocycles. The molecule has 0 fully saturated rings. The summed E-state index contributed by atoms with van der Waals surface area (Å²) < 4.78 is 27.6. The van der Waals surface area contributed by atoms with Crippen molar-refractivity contribution >= 4 is 11.7 Å². The molecule has 8 heteroatoms. The largest absolute Gasteiger partial charge is 0.497 e. The van der Waals surface area contributed by atoms with Crippen LogP contribution in [0.15, 0.2) is 54.6 Å². The number of carbonyl (C=O) groups excluding carboxylic acids is 2. The smallest absolute Gasteiger partial charge is 0.251 e. The van der Waals surface area contributed by atoms with Gasteiger partial charge in [-0.15, -0.1) is 0 Å². The molecule has 1 N–H and O–H groups in total. The van der Waals surface area contributed by atoms with Gasteiger partial charge in [-0.2, -0.15) is 0 Å². The molecule has 0 saturated heterocycles. The van der Waals surface area contributed by atoms with Crippen molar-refractivity contribution in [3.8, 4) is 28.7 Å². The van der Waals surface area contributed by atoms with Crippen LogP contribution in [0.2, 0.25) is 0 Å². The van der Waals surface area contributed by atoms with Crippen molar-refractivity contribution in [3.05, 3.63) is 76.9 Å². The molecule has 1 atom stereocenters. The van der Waals surface area contributed by atoms with Crippen LogP contribution in [-0.2, 0) is 6.54 Å². The Hall–Kier alpha value is -4.20. The number of methoxy groups -OCH3 is 4. The fourth-order valence-corrected chi connectivity index (χ4v) is 4.09. The van der Waals surface area contributed by atoms with E-state index in [2.05, 4.69) is 5.32 Å². The van der Waals surface area contributed by atoms with Crippen molar-refractivity contribution in [2.24, 2.45) is 0 Å². The Balaban J connectivity index is 1.55. The van der Waals surface area contributed by atoms with E-state index in [1.165, 1.54) is 21.3 Å². The fraction of sp³-hybridized carbons (Fsp3) is 0.259.